The van der Waals surface area contributed by atoms with Crippen molar-refractivity contribution in [3.05, 3.63) is 11.6 Å². The summed E-state index contributed by atoms with van der Waals surface area (Å²) in [6.07, 6.45) is 12.5. The molecule has 0 spiro atoms. The molecule has 0 nitrogen and oxygen atoms in total. The molecule has 0 amide bonds. The lowest BCUT2D eigenvalue weighted by atomic mass is 10.1. The molecule has 0 aromatic heterocycles. The highest BCUT2D eigenvalue weighted by Crippen LogP contribution is 2.19. The van der Waals surface area contributed by atoms with Crippen molar-refractivity contribution in [1.82, 2.24) is 0 Å². The lowest BCUT2D eigenvalue weighted by Crippen LogP contribution is -1.83. The topological polar surface area (TPSA) is 0 Å². The van der Waals surface area contributed by atoms with Crippen molar-refractivity contribution in [2.75, 3.05) is 0 Å². The van der Waals surface area contributed by atoms with Crippen LogP contribution >= 0.6 is 0 Å². The number of unbranched alkanes of at least 4 members (excludes halogenated alkanes) is 5. The van der Waals surface area contributed by atoms with Crippen LogP contribution < -0.4 is 0 Å². The Morgan fingerprint density at radius 2 is 1.92 bits per heavy atom. The van der Waals surface area contributed by atoms with Crippen LogP contribution in [0.3, 0.4) is 0 Å². The molecule has 1 aliphatic heterocycles. The van der Waals surface area contributed by atoms with Gasteiger partial charge >= 0.3 is 0 Å². The molecule has 0 unspecified atom stereocenters. The fourth-order valence-electron chi connectivity index (χ4n) is 1.84. The van der Waals surface area contributed by atoms with Gasteiger partial charge in [0.2, 0.25) is 0 Å². The second-order valence-electron chi connectivity index (χ2n) is 4.01. The van der Waals surface area contributed by atoms with Gasteiger partial charge in [-0.2, -0.15) is 0 Å². The van der Waals surface area contributed by atoms with Gasteiger partial charge in [0.25, 0.3) is 0 Å². The third-order valence-corrected chi connectivity index (χ3v) is 3.94. The first-order valence-corrected chi connectivity index (χ1v) is 7.23. The molecular weight excluding hydrogens is 172 g/mol. The van der Waals surface area contributed by atoms with E-state index in [-0.39, 0.29) is 0 Å². The van der Waals surface area contributed by atoms with Gasteiger partial charge in [-0.25, -0.2) is 0 Å². The van der Waals surface area contributed by atoms with E-state index < -0.39 is 0 Å². The van der Waals surface area contributed by atoms with E-state index in [9.17, 15) is 0 Å². The van der Waals surface area contributed by atoms with Gasteiger partial charge in [-0.3, -0.25) is 0 Å². The van der Waals surface area contributed by atoms with Crippen LogP contribution in [-0.2, 0) is 0 Å². The summed E-state index contributed by atoms with van der Waals surface area (Å²) < 4.78 is 0. The Morgan fingerprint density at radius 1 is 1.15 bits per heavy atom. The van der Waals surface area contributed by atoms with Crippen LogP contribution in [0.4, 0.5) is 0 Å². The maximum atomic E-state index is 2.48. The Labute approximate surface area is 85.6 Å². The maximum absolute atomic E-state index is 2.48. The summed E-state index contributed by atoms with van der Waals surface area (Å²) in [5.41, 5.74) is 1.76. The molecule has 0 saturated heterocycles. The van der Waals surface area contributed by atoms with Crippen molar-refractivity contribution in [2.24, 2.45) is 0 Å². The van der Waals surface area contributed by atoms with E-state index in [0.717, 1.165) is 0 Å². The van der Waals surface area contributed by atoms with Crippen LogP contribution in [0.2, 0.25) is 12.1 Å². The first-order chi connectivity index (χ1) is 6.43. The van der Waals surface area contributed by atoms with Crippen molar-refractivity contribution < 1.29 is 0 Å². The molecule has 0 bridgehead atoms. The van der Waals surface area contributed by atoms with E-state index >= 15 is 0 Å². The summed E-state index contributed by atoms with van der Waals surface area (Å²) in [5.74, 6) is 0. The minimum absolute atomic E-state index is 1.21. The van der Waals surface area contributed by atoms with Gasteiger partial charge < -0.3 is 0 Å². The summed E-state index contributed by atoms with van der Waals surface area (Å²) in [4.78, 5) is 0. The lowest BCUT2D eigenvalue weighted by molar-refractivity contribution is 0.606. The molecule has 0 fully saturated rings. The summed E-state index contributed by atoms with van der Waals surface area (Å²) in [6, 6.07) is 2.81. The Hall–Kier alpha value is -0.0431. The van der Waals surface area contributed by atoms with Crippen LogP contribution in [0, 0.1) is 0 Å². The van der Waals surface area contributed by atoms with Gasteiger partial charge in [-0.05, 0) is 24.9 Å². The third-order valence-electron chi connectivity index (χ3n) is 2.74. The predicted molar refractivity (Wildman–Crippen MR) is 61.4 cm³/mol. The zero-order valence-corrected chi connectivity index (χ0v) is 9.94. The van der Waals surface area contributed by atoms with Gasteiger partial charge in [-0.15, -0.1) is 0 Å². The second kappa shape index (κ2) is 7.37. The average molecular weight is 194 g/mol. The summed E-state index contributed by atoms with van der Waals surface area (Å²) in [6.45, 7) is 2.28. The van der Waals surface area contributed by atoms with Crippen molar-refractivity contribution in [1.29, 1.82) is 0 Å². The normalized spacial score (nSPS) is 16.2. The molecule has 1 aliphatic rings. The molecule has 0 aliphatic carbocycles. The van der Waals surface area contributed by atoms with E-state index in [1.807, 2.05) is 0 Å². The molecule has 0 aromatic carbocycles. The van der Waals surface area contributed by atoms with Crippen LogP contribution in [0.15, 0.2) is 11.6 Å². The van der Waals surface area contributed by atoms with E-state index in [1.165, 1.54) is 66.6 Å². The van der Waals surface area contributed by atoms with E-state index in [2.05, 4.69) is 13.0 Å². The van der Waals surface area contributed by atoms with Crippen molar-refractivity contribution in [3.8, 4) is 0 Å². The van der Waals surface area contributed by atoms with Gasteiger partial charge in [-0.1, -0.05) is 50.7 Å². The fraction of sp³-hybridized carbons (Fsp3) is 0.833. The smallest absolute Gasteiger partial charge is 0.0466 e. The molecule has 1 heterocycles. The number of hydrogen-bond donors (Lipinski definition) is 0. The van der Waals surface area contributed by atoms with Crippen LogP contribution in [0.1, 0.15) is 51.9 Å². The van der Waals surface area contributed by atoms with E-state index in [0.29, 0.717) is 0 Å². The number of allylic oxidation sites excluding steroid dienone is 2. The Morgan fingerprint density at radius 3 is 2.62 bits per heavy atom. The summed E-state index contributed by atoms with van der Waals surface area (Å²) in [7, 11) is 1.21. The molecule has 74 valence electrons. The van der Waals surface area contributed by atoms with Crippen molar-refractivity contribution in [3.63, 3.8) is 0 Å². The molecule has 1 rings (SSSR count). The first kappa shape index (κ1) is 11.0. The quantitative estimate of drug-likeness (QED) is 0.323. The highest BCUT2D eigenvalue weighted by Gasteiger charge is 2.03. The van der Waals surface area contributed by atoms with Gasteiger partial charge in [0.15, 0.2) is 0 Å². The molecular formula is C12H22Si. The van der Waals surface area contributed by atoms with Crippen LogP contribution in [0.25, 0.3) is 0 Å². The fourth-order valence-corrected chi connectivity index (χ4v) is 3.06. The second-order valence-corrected chi connectivity index (χ2v) is 5.27. The van der Waals surface area contributed by atoms with Crippen LogP contribution in [0.5, 0.6) is 0 Å². The maximum Gasteiger partial charge on any atom is 0.0466 e. The molecule has 0 saturated carbocycles. The highest BCUT2D eigenvalue weighted by atomic mass is 28.2. The molecule has 0 atom stereocenters. The predicted octanol–water partition coefficient (Wildman–Crippen LogP) is 4.22. The first-order valence-electron chi connectivity index (χ1n) is 5.82. The monoisotopic (exact) mass is 194 g/mol. The van der Waals surface area contributed by atoms with Crippen molar-refractivity contribution in [2.45, 2.75) is 64.0 Å². The molecule has 2 radical (unpaired) electrons. The van der Waals surface area contributed by atoms with Gasteiger partial charge in [0.05, 0.1) is 0 Å². The zero-order chi connectivity index (χ0) is 9.36. The van der Waals surface area contributed by atoms with E-state index in [1.54, 1.807) is 5.57 Å². The number of rotatable bonds is 7. The Balaban J connectivity index is 1.83. The zero-order valence-electron chi connectivity index (χ0n) is 8.94. The molecule has 0 N–H and O–H groups in total. The van der Waals surface area contributed by atoms with E-state index in [4.69, 9.17) is 0 Å². The lowest BCUT2D eigenvalue weighted by Gasteiger charge is -2.01. The standard InChI is InChI=1S/C12H22Si/c1-2-3-4-5-6-7-8-12-9-10-13-11-12/h9H,2-8,10-11H2,1H3. The minimum Gasteiger partial charge on any atom is -0.0887 e. The van der Waals surface area contributed by atoms with Gasteiger partial charge in [0.1, 0.15) is 0 Å². The largest absolute Gasteiger partial charge is 0.0887 e. The molecule has 13 heavy (non-hydrogen) atoms. The Bertz CT molecular complexity index is 149. The Kier molecular flexibility index (Phi) is 6.25. The summed E-state index contributed by atoms with van der Waals surface area (Å²) >= 11 is 0. The SMILES string of the molecule is CCCCCCCCC1=CC[Si]C1. The molecule has 0 aromatic rings. The summed E-state index contributed by atoms with van der Waals surface area (Å²) in [5, 5.41) is 0. The van der Waals surface area contributed by atoms with Crippen molar-refractivity contribution >= 4 is 9.52 Å². The number of hydrogen-bond acceptors (Lipinski definition) is 0. The molecule has 1 heteroatoms. The third kappa shape index (κ3) is 5.30. The average Bonchev–Trinajstić information content (AvgIpc) is 2.63. The minimum atomic E-state index is 1.21. The van der Waals surface area contributed by atoms with Crippen LogP contribution in [-0.4, -0.2) is 9.52 Å². The highest BCUT2D eigenvalue weighted by molar-refractivity contribution is 6.38. The van der Waals surface area contributed by atoms with Gasteiger partial charge in [0, 0.05) is 9.52 Å².